The zero-order chi connectivity index (χ0) is 19.3. The monoisotopic (exact) mass is 437 g/mol. The Labute approximate surface area is 166 Å². The van der Waals surface area contributed by atoms with Gasteiger partial charge in [-0.1, -0.05) is 26.0 Å². The highest BCUT2D eigenvalue weighted by molar-refractivity contribution is 9.10. The van der Waals surface area contributed by atoms with Gasteiger partial charge in [0.25, 0.3) is 5.91 Å². The highest BCUT2D eigenvalue weighted by Crippen LogP contribution is 2.18. The first-order valence-corrected chi connectivity index (χ1v) is 10.2. The van der Waals surface area contributed by atoms with Crippen LogP contribution in [0.1, 0.15) is 39.8 Å². The van der Waals surface area contributed by atoms with Crippen LogP contribution in [0.15, 0.2) is 28.7 Å². The fourth-order valence-electron chi connectivity index (χ4n) is 2.61. The Balaban J connectivity index is 1.95. The van der Waals surface area contributed by atoms with Crippen LogP contribution >= 0.6 is 27.3 Å². The summed E-state index contributed by atoms with van der Waals surface area (Å²) in [5.41, 5.74) is 1.53. The van der Waals surface area contributed by atoms with Gasteiger partial charge in [-0.25, -0.2) is 4.98 Å². The second-order valence-corrected chi connectivity index (χ2v) is 8.60. The van der Waals surface area contributed by atoms with Gasteiger partial charge >= 0.3 is 0 Å². The Hall–Kier alpha value is -1.73. The number of hydrogen-bond donors (Lipinski definition) is 2. The van der Waals surface area contributed by atoms with Crippen molar-refractivity contribution < 1.29 is 9.59 Å². The second kappa shape index (κ2) is 9.28. The van der Waals surface area contributed by atoms with Crippen molar-refractivity contribution in [2.24, 2.45) is 5.92 Å². The fraction of sp³-hybridized carbons (Fsp3) is 0.421. The van der Waals surface area contributed by atoms with Crippen LogP contribution in [0.2, 0.25) is 0 Å². The summed E-state index contributed by atoms with van der Waals surface area (Å²) in [5, 5.41) is 6.81. The van der Waals surface area contributed by atoms with Gasteiger partial charge in [0.1, 0.15) is 6.04 Å². The van der Waals surface area contributed by atoms with Gasteiger partial charge in [0.2, 0.25) is 5.91 Å². The van der Waals surface area contributed by atoms with Crippen LogP contribution in [0.4, 0.5) is 0 Å². The van der Waals surface area contributed by atoms with Gasteiger partial charge in [0.15, 0.2) is 0 Å². The molecule has 0 aliphatic heterocycles. The number of carbonyl (C=O) groups is 2. The molecule has 1 unspecified atom stereocenters. The molecule has 5 nitrogen and oxygen atoms in total. The maximum Gasteiger partial charge on any atom is 0.253 e. The molecule has 0 bridgehead atoms. The average Bonchev–Trinajstić information content (AvgIpc) is 2.90. The van der Waals surface area contributed by atoms with E-state index in [4.69, 9.17) is 0 Å². The minimum absolute atomic E-state index is 0.0196. The van der Waals surface area contributed by atoms with Gasteiger partial charge in [-0.2, -0.15) is 0 Å². The first-order valence-electron chi connectivity index (χ1n) is 8.55. The number of nitrogens with one attached hydrogen (secondary N) is 2. The molecule has 1 aromatic heterocycles. The summed E-state index contributed by atoms with van der Waals surface area (Å²) in [6, 6.07) is 6.58. The quantitative estimate of drug-likeness (QED) is 0.694. The number of hydrogen-bond acceptors (Lipinski definition) is 4. The number of thiazole rings is 1. The van der Waals surface area contributed by atoms with Crippen LogP contribution < -0.4 is 10.6 Å². The smallest absolute Gasteiger partial charge is 0.253 e. The van der Waals surface area contributed by atoms with Gasteiger partial charge < -0.3 is 10.6 Å². The van der Waals surface area contributed by atoms with Crippen molar-refractivity contribution in [3.63, 3.8) is 0 Å². The lowest BCUT2D eigenvalue weighted by Crippen LogP contribution is -2.50. The van der Waals surface area contributed by atoms with Crippen LogP contribution in [0.5, 0.6) is 0 Å². The lowest BCUT2D eigenvalue weighted by molar-refractivity contribution is -0.123. The Morgan fingerprint density at radius 3 is 2.50 bits per heavy atom. The lowest BCUT2D eigenvalue weighted by atomic mass is 10.0. The number of amides is 2. The SMILES string of the molecule is Cc1nc(C)c(CCNC(=O)C(NC(=O)c2ccccc2Br)C(C)C)s1. The van der Waals surface area contributed by atoms with E-state index in [1.807, 2.05) is 33.8 Å². The topological polar surface area (TPSA) is 71.1 Å². The molecular weight excluding hydrogens is 414 g/mol. The van der Waals surface area contributed by atoms with Crippen LogP contribution in [0, 0.1) is 19.8 Å². The van der Waals surface area contributed by atoms with Crippen molar-refractivity contribution in [3.05, 3.63) is 49.9 Å². The summed E-state index contributed by atoms with van der Waals surface area (Å²) in [6.07, 6.45) is 0.742. The van der Waals surface area contributed by atoms with E-state index in [1.54, 1.807) is 29.5 Å². The maximum absolute atomic E-state index is 12.6. The normalized spacial score (nSPS) is 12.1. The van der Waals surface area contributed by atoms with Crippen molar-refractivity contribution in [2.45, 2.75) is 40.2 Å². The summed E-state index contributed by atoms with van der Waals surface area (Å²) in [4.78, 5) is 30.6. The minimum Gasteiger partial charge on any atom is -0.354 e. The van der Waals surface area contributed by atoms with E-state index < -0.39 is 6.04 Å². The molecule has 2 amide bonds. The molecule has 0 saturated heterocycles. The molecule has 2 aromatic rings. The third-order valence-corrected chi connectivity index (χ3v) is 5.83. The zero-order valence-electron chi connectivity index (χ0n) is 15.4. The van der Waals surface area contributed by atoms with E-state index in [2.05, 4.69) is 31.5 Å². The van der Waals surface area contributed by atoms with Crippen LogP contribution in [0.3, 0.4) is 0 Å². The molecular formula is C19H24BrN3O2S. The number of rotatable bonds is 7. The number of benzene rings is 1. The highest BCUT2D eigenvalue weighted by atomic mass is 79.9. The van der Waals surface area contributed by atoms with E-state index in [1.165, 1.54) is 4.88 Å². The highest BCUT2D eigenvalue weighted by Gasteiger charge is 2.25. The average molecular weight is 438 g/mol. The summed E-state index contributed by atoms with van der Waals surface area (Å²) in [7, 11) is 0. The number of nitrogens with zero attached hydrogens (tertiary/aromatic N) is 1. The van der Waals surface area contributed by atoms with E-state index >= 15 is 0 Å². The summed E-state index contributed by atoms with van der Waals surface area (Å²) in [6.45, 7) is 8.32. The molecule has 0 spiro atoms. The van der Waals surface area contributed by atoms with Crippen LogP contribution in [-0.2, 0) is 11.2 Å². The van der Waals surface area contributed by atoms with E-state index in [9.17, 15) is 9.59 Å². The Morgan fingerprint density at radius 2 is 1.92 bits per heavy atom. The first kappa shape index (κ1) is 20.6. The van der Waals surface area contributed by atoms with E-state index in [0.717, 1.165) is 17.1 Å². The van der Waals surface area contributed by atoms with E-state index in [-0.39, 0.29) is 17.7 Å². The predicted molar refractivity (Wildman–Crippen MR) is 109 cm³/mol. The zero-order valence-corrected chi connectivity index (χ0v) is 17.8. The molecule has 0 saturated carbocycles. The molecule has 2 N–H and O–H groups in total. The molecule has 26 heavy (non-hydrogen) atoms. The molecule has 1 heterocycles. The number of halogens is 1. The summed E-state index contributed by atoms with van der Waals surface area (Å²) >= 11 is 5.02. The molecule has 0 fully saturated rings. The third kappa shape index (κ3) is 5.38. The van der Waals surface area contributed by atoms with Crippen molar-refractivity contribution in [1.29, 1.82) is 0 Å². The largest absolute Gasteiger partial charge is 0.354 e. The standard InChI is InChI=1S/C19H24BrN3O2S/c1-11(2)17(23-18(24)14-7-5-6-8-15(14)20)19(25)21-10-9-16-12(3)22-13(4)26-16/h5-8,11,17H,9-10H2,1-4H3,(H,21,25)(H,23,24). The maximum atomic E-state index is 12.6. The lowest BCUT2D eigenvalue weighted by Gasteiger charge is -2.22. The van der Waals surface area contributed by atoms with Crippen molar-refractivity contribution >= 4 is 39.1 Å². The Kier molecular flexibility index (Phi) is 7.34. The predicted octanol–water partition coefficient (Wildman–Crippen LogP) is 3.64. The number of aromatic nitrogens is 1. The molecule has 2 rings (SSSR count). The van der Waals surface area contributed by atoms with Crippen molar-refractivity contribution in [3.8, 4) is 0 Å². The van der Waals surface area contributed by atoms with E-state index in [0.29, 0.717) is 16.6 Å². The molecule has 140 valence electrons. The fourth-order valence-corrected chi connectivity index (χ4v) is 4.02. The van der Waals surface area contributed by atoms with Crippen LogP contribution in [-0.4, -0.2) is 29.4 Å². The van der Waals surface area contributed by atoms with Crippen LogP contribution in [0.25, 0.3) is 0 Å². The molecule has 0 aliphatic rings. The van der Waals surface area contributed by atoms with Gasteiger partial charge in [0.05, 0.1) is 16.3 Å². The third-order valence-electron chi connectivity index (χ3n) is 4.01. The second-order valence-electron chi connectivity index (χ2n) is 6.46. The molecule has 1 atom stereocenters. The van der Waals surface area contributed by atoms with Crippen molar-refractivity contribution in [2.75, 3.05) is 6.54 Å². The number of carbonyl (C=O) groups excluding carboxylic acids is 2. The molecule has 7 heteroatoms. The van der Waals surface area contributed by atoms with Gasteiger partial charge in [-0.3, -0.25) is 9.59 Å². The number of aryl methyl sites for hydroxylation is 2. The van der Waals surface area contributed by atoms with Gasteiger partial charge in [-0.05, 0) is 47.8 Å². The minimum atomic E-state index is -0.584. The molecule has 0 aliphatic carbocycles. The Bertz CT molecular complexity index is 789. The molecule has 1 aromatic carbocycles. The summed E-state index contributed by atoms with van der Waals surface area (Å²) < 4.78 is 0.705. The van der Waals surface area contributed by atoms with Gasteiger partial charge in [-0.15, -0.1) is 11.3 Å². The Morgan fingerprint density at radius 1 is 1.23 bits per heavy atom. The summed E-state index contributed by atoms with van der Waals surface area (Å²) in [5.74, 6) is -0.451. The first-order chi connectivity index (χ1) is 12.3. The van der Waals surface area contributed by atoms with Gasteiger partial charge in [0, 0.05) is 22.3 Å². The molecule has 0 radical (unpaired) electrons. The van der Waals surface area contributed by atoms with Crippen molar-refractivity contribution in [1.82, 2.24) is 15.6 Å².